The second kappa shape index (κ2) is 8.34. The summed E-state index contributed by atoms with van der Waals surface area (Å²) < 4.78 is 32.8. The normalized spacial score (nSPS) is 15.3. The summed E-state index contributed by atoms with van der Waals surface area (Å²) in [7, 11) is -0.636. The molecule has 29 heavy (non-hydrogen) atoms. The van der Waals surface area contributed by atoms with Gasteiger partial charge in [-0.25, -0.2) is 13.2 Å². The first-order chi connectivity index (χ1) is 13.7. The predicted octanol–water partition coefficient (Wildman–Crippen LogP) is 2.07. The van der Waals surface area contributed by atoms with Crippen molar-refractivity contribution in [3.8, 4) is 0 Å². The SMILES string of the molecule is C[C@@H](OC(=O)c1cccc(S(=O)(=O)N2CCc3ccccc3C2)c1)C(=O)N(C)C. The summed E-state index contributed by atoms with van der Waals surface area (Å²) in [5.41, 5.74) is 2.21. The molecule has 0 bridgehead atoms. The summed E-state index contributed by atoms with van der Waals surface area (Å²) in [6, 6.07) is 13.5. The molecule has 1 aliphatic heterocycles. The molecule has 0 N–H and O–H groups in total. The Bertz CT molecular complexity index is 1030. The fraction of sp³-hybridized carbons (Fsp3) is 0.333. The van der Waals surface area contributed by atoms with Crippen molar-refractivity contribution in [3.05, 3.63) is 65.2 Å². The number of hydrogen-bond donors (Lipinski definition) is 0. The number of sulfonamides is 1. The highest BCUT2D eigenvalue weighted by molar-refractivity contribution is 7.89. The number of fused-ring (bicyclic) bond motifs is 1. The van der Waals surface area contributed by atoms with Crippen LogP contribution in [0.2, 0.25) is 0 Å². The summed E-state index contributed by atoms with van der Waals surface area (Å²) in [6.45, 7) is 2.15. The van der Waals surface area contributed by atoms with E-state index in [1.807, 2.05) is 24.3 Å². The average molecular weight is 416 g/mol. The highest BCUT2D eigenvalue weighted by Crippen LogP contribution is 2.25. The molecule has 1 heterocycles. The molecule has 0 radical (unpaired) electrons. The van der Waals surface area contributed by atoms with Gasteiger partial charge in [-0.2, -0.15) is 4.31 Å². The molecule has 1 atom stereocenters. The molecule has 0 aliphatic carbocycles. The van der Waals surface area contributed by atoms with Crippen LogP contribution in [0.25, 0.3) is 0 Å². The molecule has 1 amide bonds. The Kier molecular flexibility index (Phi) is 6.04. The van der Waals surface area contributed by atoms with Gasteiger partial charge in [0.25, 0.3) is 5.91 Å². The third-order valence-corrected chi connectivity index (χ3v) is 6.72. The van der Waals surface area contributed by atoms with Crippen LogP contribution in [-0.4, -0.2) is 56.2 Å². The largest absolute Gasteiger partial charge is 0.449 e. The highest BCUT2D eigenvalue weighted by Gasteiger charge is 2.29. The van der Waals surface area contributed by atoms with Crippen LogP contribution in [0.4, 0.5) is 0 Å². The van der Waals surface area contributed by atoms with Gasteiger partial charge in [-0.3, -0.25) is 4.79 Å². The lowest BCUT2D eigenvalue weighted by Crippen LogP contribution is -2.36. The summed E-state index contributed by atoms with van der Waals surface area (Å²) in [5, 5.41) is 0. The van der Waals surface area contributed by atoms with E-state index in [9.17, 15) is 18.0 Å². The Hall–Kier alpha value is -2.71. The zero-order chi connectivity index (χ0) is 21.2. The Morgan fingerprint density at radius 3 is 2.45 bits per heavy atom. The van der Waals surface area contributed by atoms with E-state index in [1.54, 1.807) is 14.1 Å². The summed E-state index contributed by atoms with van der Waals surface area (Å²) in [5.74, 6) is -1.09. The molecule has 1 aliphatic rings. The van der Waals surface area contributed by atoms with Gasteiger partial charge >= 0.3 is 5.97 Å². The van der Waals surface area contributed by atoms with E-state index >= 15 is 0 Å². The molecule has 2 aromatic rings. The van der Waals surface area contributed by atoms with E-state index in [0.29, 0.717) is 19.5 Å². The number of hydrogen-bond acceptors (Lipinski definition) is 5. The molecule has 3 rings (SSSR count). The van der Waals surface area contributed by atoms with Gasteiger partial charge < -0.3 is 9.64 Å². The monoisotopic (exact) mass is 416 g/mol. The molecular formula is C21H24N2O5S. The molecule has 0 aromatic heterocycles. The summed E-state index contributed by atoms with van der Waals surface area (Å²) in [4.78, 5) is 25.6. The number of benzene rings is 2. The first-order valence-electron chi connectivity index (χ1n) is 9.29. The van der Waals surface area contributed by atoms with E-state index in [4.69, 9.17) is 4.74 Å². The number of carbonyl (C=O) groups is 2. The standard InChI is InChI=1S/C21H24N2O5S/c1-15(20(24)22(2)3)28-21(25)17-9-6-10-19(13-17)29(26,27)23-12-11-16-7-4-5-8-18(16)14-23/h4-10,13,15H,11-12,14H2,1-3H3/t15-/m1/s1. The van der Waals surface area contributed by atoms with Crippen molar-refractivity contribution in [1.29, 1.82) is 0 Å². The van der Waals surface area contributed by atoms with E-state index < -0.39 is 22.1 Å². The van der Waals surface area contributed by atoms with Gasteiger partial charge in [0, 0.05) is 27.2 Å². The zero-order valence-electron chi connectivity index (χ0n) is 16.7. The van der Waals surface area contributed by atoms with Gasteiger partial charge in [0.1, 0.15) is 0 Å². The molecule has 0 saturated heterocycles. The molecule has 0 fully saturated rings. The van der Waals surface area contributed by atoms with E-state index in [1.165, 1.54) is 40.4 Å². The van der Waals surface area contributed by atoms with Gasteiger partial charge in [0.15, 0.2) is 6.10 Å². The Labute approximate surface area is 170 Å². The minimum Gasteiger partial charge on any atom is -0.449 e. The maximum atomic E-state index is 13.1. The molecule has 2 aromatic carbocycles. The predicted molar refractivity (Wildman–Crippen MR) is 108 cm³/mol. The van der Waals surface area contributed by atoms with Gasteiger partial charge in [0.05, 0.1) is 10.5 Å². The lowest BCUT2D eigenvalue weighted by atomic mass is 10.0. The van der Waals surface area contributed by atoms with Crippen molar-refractivity contribution in [2.45, 2.75) is 30.9 Å². The van der Waals surface area contributed by atoms with Crippen LogP contribution in [0.15, 0.2) is 53.4 Å². The lowest BCUT2D eigenvalue weighted by molar-refractivity contribution is -0.137. The smallest absolute Gasteiger partial charge is 0.338 e. The number of likely N-dealkylation sites (N-methyl/N-ethyl adjacent to an activating group) is 1. The Morgan fingerprint density at radius 2 is 1.76 bits per heavy atom. The number of ether oxygens (including phenoxy) is 1. The summed E-state index contributed by atoms with van der Waals surface area (Å²) >= 11 is 0. The number of esters is 1. The lowest BCUT2D eigenvalue weighted by Gasteiger charge is -2.28. The van der Waals surface area contributed by atoms with Crippen molar-refractivity contribution >= 4 is 21.9 Å². The quantitative estimate of drug-likeness (QED) is 0.697. The van der Waals surface area contributed by atoms with Gasteiger partial charge in [-0.1, -0.05) is 30.3 Å². The second-order valence-corrected chi connectivity index (χ2v) is 9.10. The van der Waals surface area contributed by atoms with Crippen molar-refractivity contribution in [2.75, 3.05) is 20.6 Å². The van der Waals surface area contributed by atoms with Crippen LogP contribution < -0.4 is 0 Å². The minimum absolute atomic E-state index is 0.0259. The third kappa shape index (κ3) is 4.49. The Morgan fingerprint density at radius 1 is 1.07 bits per heavy atom. The maximum Gasteiger partial charge on any atom is 0.338 e. The fourth-order valence-corrected chi connectivity index (χ4v) is 4.72. The number of carbonyl (C=O) groups excluding carboxylic acids is 2. The summed E-state index contributed by atoms with van der Waals surface area (Å²) in [6.07, 6.45) is -0.322. The van der Waals surface area contributed by atoms with Crippen molar-refractivity contribution in [2.24, 2.45) is 0 Å². The van der Waals surface area contributed by atoms with Crippen LogP contribution in [0, 0.1) is 0 Å². The molecule has 8 heteroatoms. The van der Waals surface area contributed by atoms with E-state index in [-0.39, 0.29) is 16.4 Å². The topological polar surface area (TPSA) is 84.0 Å². The van der Waals surface area contributed by atoms with Crippen LogP contribution >= 0.6 is 0 Å². The average Bonchev–Trinajstić information content (AvgIpc) is 2.72. The molecule has 0 saturated carbocycles. The van der Waals surface area contributed by atoms with Crippen molar-refractivity contribution in [1.82, 2.24) is 9.21 Å². The Balaban J connectivity index is 1.80. The van der Waals surface area contributed by atoms with E-state index in [2.05, 4.69) is 0 Å². The second-order valence-electron chi connectivity index (χ2n) is 7.17. The van der Waals surface area contributed by atoms with Crippen LogP contribution in [-0.2, 0) is 32.5 Å². The molecule has 0 unspecified atom stereocenters. The molecular weight excluding hydrogens is 392 g/mol. The third-order valence-electron chi connectivity index (χ3n) is 4.88. The van der Waals surface area contributed by atoms with Crippen LogP contribution in [0.1, 0.15) is 28.4 Å². The molecule has 7 nitrogen and oxygen atoms in total. The minimum atomic E-state index is -3.77. The molecule has 154 valence electrons. The first kappa shape index (κ1) is 21.0. The van der Waals surface area contributed by atoms with Gasteiger partial charge in [-0.15, -0.1) is 0 Å². The highest BCUT2D eigenvalue weighted by atomic mass is 32.2. The number of amides is 1. The first-order valence-corrected chi connectivity index (χ1v) is 10.7. The van der Waals surface area contributed by atoms with Crippen molar-refractivity contribution in [3.63, 3.8) is 0 Å². The fourth-order valence-electron chi connectivity index (χ4n) is 3.25. The molecule has 0 spiro atoms. The van der Waals surface area contributed by atoms with Gasteiger partial charge in [0.2, 0.25) is 10.0 Å². The van der Waals surface area contributed by atoms with Crippen LogP contribution in [0.3, 0.4) is 0 Å². The van der Waals surface area contributed by atoms with Gasteiger partial charge in [-0.05, 0) is 42.7 Å². The maximum absolute atomic E-state index is 13.1. The number of nitrogens with zero attached hydrogens (tertiary/aromatic N) is 2. The van der Waals surface area contributed by atoms with Crippen molar-refractivity contribution < 1.29 is 22.7 Å². The van der Waals surface area contributed by atoms with Crippen LogP contribution in [0.5, 0.6) is 0 Å². The number of rotatable bonds is 5. The van der Waals surface area contributed by atoms with E-state index in [0.717, 1.165) is 11.1 Å². The zero-order valence-corrected chi connectivity index (χ0v) is 17.5.